The Morgan fingerprint density at radius 1 is 1.38 bits per heavy atom. The molecule has 0 spiro atoms. The number of piperidine rings is 1. The monoisotopic (exact) mass is 331 g/mol. The Kier molecular flexibility index (Phi) is 4.93. The summed E-state index contributed by atoms with van der Waals surface area (Å²) in [5.41, 5.74) is 0. The largest absolute Gasteiger partial charge is 0.478 e. The lowest BCUT2D eigenvalue weighted by Crippen LogP contribution is -2.38. The smallest absolute Gasteiger partial charge is 0.228 e. The van der Waals surface area contributed by atoms with Crippen LogP contribution in [0.4, 0.5) is 11.6 Å². The molecule has 128 valence electrons. The fourth-order valence-corrected chi connectivity index (χ4v) is 2.75. The third-order valence-electron chi connectivity index (χ3n) is 3.99. The summed E-state index contributed by atoms with van der Waals surface area (Å²) in [6.07, 6.45) is 3.03. The van der Waals surface area contributed by atoms with Crippen molar-refractivity contribution in [1.82, 2.24) is 15.1 Å². The van der Waals surface area contributed by atoms with Crippen LogP contribution >= 0.6 is 0 Å². The van der Waals surface area contributed by atoms with Crippen molar-refractivity contribution in [3.8, 4) is 5.88 Å². The first-order chi connectivity index (χ1) is 11.7. The molecule has 0 aromatic carbocycles. The molecule has 0 unspecified atom stereocenters. The van der Waals surface area contributed by atoms with E-state index in [9.17, 15) is 4.79 Å². The van der Waals surface area contributed by atoms with Gasteiger partial charge in [-0.15, -0.1) is 0 Å². The lowest BCUT2D eigenvalue weighted by Gasteiger charge is -2.31. The molecule has 0 aliphatic carbocycles. The Morgan fingerprint density at radius 3 is 2.83 bits per heavy atom. The number of aromatic nitrogens is 3. The van der Waals surface area contributed by atoms with Crippen molar-refractivity contribution in [2.24, 2.45) is 5.92 Å². The molecule has 0 saturated carbocycles. The van der Waals surface area contributed by atoms with Crippen LogP contribution in [-0.4, -0.2) is 40.7 Å². The summed E-state index contributed by atoms with van der Waals surface area (Å²) in [6, 6.07) is 3.55. The average molecular weight is 331 g/mol. The van der Waals surface area contributed by atoms with E-state index in [2.05, 4.69) is 25.3 Å². The van der Waals surface area contributed by atoms with Crippen molar-refractivity contribution in [2.45, 2.75) is 26.7 Å². The molecule has 0 atom stereocenters. The number of aryl methyl sites for hydroxylation is 1. The van der Waals surface area contributed by atoms with Crippen LogP contribution < -0.4 is 15.0 Å². The van der Waals surface area contributed by atoms with Crippen molar-refractivity contribution >= 4 is 17.5 Å². The van der Waals surface area contributed by atoms with Crippen LogP contribution in [0.3, 0.4) is 0 Å². The third-order valence-corrected chi connectivity index (χ3v) is 3.99. The molecule has 1 amide bonds. The van der Waals surface area contributed by atoms with Gasteiger partial charge in [-0.3, -0.25) is 4.79 Å². The van der Waals surface area contributed by atoms with E-state index in [0.717, 1.165) is 31.7 Å². The highest BCUT2D eigenvalue weighted by atomic mass is 16.5. The van der Waals surface area contributed by atoms with Gasteiger partial charge in [0.2, 0.25) is 11.8 Å². The molecular formula is C16H21N5O3. The van der Waals surface area contributed by atoms with Gasteiger partial charge in [-0.25, -0.2) is 9.97 Å². The van der Waals surface area contributed by atoms with E-state index < -0.39 is 0 Å². The van der Waals surface area contributed by atoms with E-state index in [1.54, 1.807) is 13.0 Å². The van der Waals surface area contributed by atoms with Gasteiger partial charge in [-0.05, 0) is 26.7 Å². The second-order valence-electron chi connectivity index (χ2n) is 5.72. The zero-order valence-corrected chi connectivity index (χ0v) is 13.9. The zero-order valence-electron chi connectivity index (χ0n) is 13.9. The molecule has 1 aliphatic rings. The molecule has 24 heavy (non-hydrogen) atoms. The van der Waals surface area contributed by atoms with E-state index in [0.29, 0.717) is 24.1 Å². The summed E-state index contributed by atoms with van der Waals surface area (Å²) in [7, 11) is 0. The number of anilines is 2. The summed E-state index contributed by atoms with van der Waals surface area (Å²) >= 11 is 0. The molecule has 0 radical (unpaired) electrons. The standard InChI is InChI=1S/C16H21N5O3/c1-3-23-15-9-14(17-10-18-15)21-6-4-12(5-7-21)16(22)19-13-8-11(2)24-20-13/h8-10,12H,3-7H2,1-2H3,(H,19,20,22). The number of ether oxygens (including phenoxy) is 1. The predicted octanol–water partition coefficient (Wildman–Crippen LogP) is 2.03. The number of carbonyl (C=O) groups excluding carboxylic acids is 1. The van der Waals surface area contributed by atoms with Crippen molar-refractivity contribution in [2.75, 3.05) is 29.9 Å². The van der Waals surface area contributed by atoms with Crippen LogP contribution in [0.25, 0.3) is 0 Å². The maximum absolute atomic E-state index is 12.3. The number of hydrogen-bond acceptors (Lipinski definition) is 7. The average Bonchev–Trinajstić information content (AvgIpc) is 3.00. The van der Waals surface area contributed by atoms with Gasteiger partial charge in [0.05, 0.1) is 6.61 Å². The minimum Gasteiger partial charge on any atom is -0.478 e. The van der Waals surface area contributed by atoms with Crippen molar-refractivity contribution < 1.29 is 14.1 Å². The highest BCUT2D eigenvalue weighted by Gasteiger charge is 2.26. The molecular weight excluding hydrogens is 310 g/mol. The van der Waals surface area contributed by atoms with Crippen molar-refractivity contribution in [3.05, 3.63) is 24.2 Å². The second kappa shape index (κ2) is 7.29. The summed E-state index contributed by atoms with van der Waals surface area (Å²) < 4.78 is 10.4. The fourth-order valence-electron chi connectivity index (χ4n) is 2.75. The maximum Gasteiger partial charge on any atom is 0.228 e. The highest BCUT2D eigenvalue weighted by Crippen LogP contribution is 2.24. The number of nitrogens with zero attached hydrogens (tertiary/aromatic N) is 4. The molecule has 1 N–H and O–H groups in total. The molecule has 3 heterocycles. The number of amides is 1. The Bertz CT molecular complexity index is 695. The molecule has 8 heteroatoms. The van der Waals surface area contributed by atoms with Gasteiger partial charge in [-0.2, -0.15) is 0 Å². The fraction of sp³-hybridized carbons (Fsp3) is 0.500. The van der Waals surface area contributed by atoms with E-state index in [1.807, 2.05) is 13.0 Å². The SMILES string of the molecule is CCOc1cc(N2CCC(C(=O)Nc3cc(C)on3)CC2)ncn1. The summed E-state index contributed by atoms with van der Waals surface area (Å²) in [5, 5.41) is 6.60. The van der Waals surface area contributed by atoms with Gasteiger partial charge in [0, 0.05) is 31.1 Å². The first-order valence-electron chi connectivity index (χ1n) is 8.09. The lowest BCUT2D eigenvalue weighted by atomic mass is 9.96. The number of rotatable bonds is 5. The van der Waals surface area contributed by atoms with Gasteiger partial charge in [0.15, 0.2) is 5.82 Å². The normalized spacial score (nSPS) is 15.3. The minimum atomic E-state index is -0.0357. The Morgan fingerprint density at radius 2 is 2.17 bits per heavy atom. The predicted molar refractivity (Wildman–Crippen MR) is 88.0 cm³/mol. The molecule has 0 bridgehead atoms. The Labute approximate surface area is 140 Å². The first-order valence-corrected chi connectivity index (χ1v) is 8.09. The number of nitrogens with one attached hydrogen (secondary N) is 1. The van der Waals surface area contributed by atoms with Gasteiger partial charge >= 0.3 is 0 Å². The van der Waals surface area contributed by atoms with Crippen LogP contribution in [0.2, 0.25) is 0 Å². The van der Waals surface area contributed by atoms with Crippen LogP contribution in [0.5, 0.6) is 5.88 Å². The van der Waals surface area contributed by atoms with E-state index in [1.165, 1.54) is 6.33 Å². The molecule has 2 aromatic heterocycles. The molecule has 1 fully saturated rings. The van der Waals surface area contributed by atoms with Crippen LogP contribution in [0.15, 0.2) is 23.0 Å². The summed E-state index contributed by atoms with van der Waals surface area (Å²) in [6.45, 7) is 5.80. The summed E-state index contributed by atoms with van der Waals surface area (Å²) in [4.78, 5) is 22.8. The molecule has 8 nitrogen and oxygen atoms in total. The maximum atomic E-state index is 12.3. The van der Waals surface area contributed by atoms with E-state index in [4.69, 9.17) is 9.26 Å². The number of hydrogen-bond donors (Lipinski definition) is 1. The second-order valence-corrected chi connectivity index (χ2v) is 5.72. The van der Waals surface area contributed by atoms with E-state index in [-0.39, 0.29) is 11.8 Å². The first kappa shape index (κ1) is 16.2. The van der Waals surface area contributed by atoms with Gasteiger partial charge in [0.25, 0.3) is 0 Å². The van der Waals surface area contributed by atoms with Crippen LogP contribution in [-0.2, 0) is 4.79 Å². The molecule has 1 saturated heterocycles. The highest BCUT2D eigenvalue weighted by molar-refractivity contribution is 5.91. The zero-order chi connectivity index (χ0) is 16.9. The molecule has 1 aliphatic heterocycles. The third kappa shape index (κ3) is 3.81. The Balaban J connectivity index is 1.55. The quantitative estimate of drug-likeness (QED) is 0.896. The van der Waals surface area contributed by atoms with Gasteiger partial charge in [0.1, 0.15) is 17.9 Å². The van der Waals surface area contributed by atoms with Crippen molar-refractivity contribution in [3.63, 3.8) is 0 Å². The lowest BCUT2D eigenvalue weighted by molar-refractivity contribution is -0.120. The topological polar surface area (TPSA) is 93.4 Å². The van der Waals surface area contributed by atoms with Crippen molar-refractivity contribution in [1.29, 1.82) is 0 Å². The Hall–Kier alpha value is -2.64. The number of carbonyl (C=O) groups is 1. The van der Waals surface area contributed by atoms with Crippen LogP contribution in [0, 0.1) is 12.8 Å². The van der Waals surface area contributed by atoms with Gasteiger partial charge in [-0.1, -0.05) is 5.16 Å². The minimum absolute atomic E-state index is 0.0133. The molecule has 3 rings (SSSR count). The van der Waals surface area contributed by atoms with Crippen LogP contribution in [0.1, 0.15) is 25.5 Å². The van der Waals surface area contributed by atoms with Gasteiger partial charge < -0.3 is 19.5 Å². The summed E-state index contributed by atoms with van der Waals surface area (Å²) in [5.74, 6) is 2.50. The molecule has 2 aromatic rings. The van der Waals surface area contributed by atoms with E-state index >= 15 is 0 Å².